The molecule has 1 saturated heterocycles. The zero-order valence-electron chi connectivity index (χ0n) is 12.9. The molecular weight excluding hydrogens is 311 g/mol. The molecule has 0 spiro atoms. The summed E-state index contributed by atoms with van der Waals surface area (Å²) in [6.07, 6.45) is -3.82. The summed E-state index contributed by atoms with van der Waals surface area (Å²) >= 11 is 0. The minimum atomic E-state index is -4.09. The van der Waals surface area contributed by atoms with Crippen molar-refractivity contribution in [3.8, 4) is 5.75 Å². The van der Waals surface area contributed by atoms with Crippen LogP contribution in [-0.4, -0.2) is 48.4 Å². The molecule has 7 heteroatoms. The zero-order chi connectivity index (χ0) is 17.0. The zero-order valence-corrected chi connectivity index (χ0v) is 12.9. The van der Waals surface area contributed by atoms with Crippen LogP contribution in [0.2, 0.25) is 0 Å². The van der Waals surface area contributed by atoms with Crippen LogP contribution < -0.4 is 4.74 Å². The number of carboxylic acids is 1. The molecule has 4 nitrogen and oxygen atoms in total. The molecule has 1 aliphatic rings. The molecular formula is C16H20F3NO3. The fourth-order valence-electron chi connectivity index (χ4n) is 2.71. The SMILES string of the molecule is Cc1cc(C(=O)O)ccc1OCCN1CCC(C(F)(F)F)CC1. The highest BCUT2D eigenvalue weighted by atomic mass is 19.4. The summed E-state index contributed by atoms with van der Waals surface area (Å²) in [5.74, 6) is -1.59. The number of ether oxygens (including phenoxy) is 1. The van der Waals surface area contributed by atoms with Crippen molar-refractivity contribution in [2.75, 3.05) is 26.2 Å². The van der Waals surface area contributed by atoms with Gasteiger partial charge in [-0.25, -0.2) is 4.79 Å². The van der Waals surface area contributed by atoms with Crippen LogP contribution in [0.1, 0.15) is 28.8 Å². The monoisotopic (exact) mass is 331 g/mol. The summed E-state index contributed by atoms with van der Waals surface area (Å²) < 4.78 is 43.4. The van der Waals surface area contributed by atoms with Crippen molar-refractivity contribution < 1.29 is 27.8 Å². The molecule has 0 radical (unpaired) electrons. The first-order chi connectivity index (χ1) is 10.8. The maximum absolute atomic E-state index is 12.6. The summed E-state index contributed by atoms with van der Waals surface area (Å²) in [7, 11) is 0. The number of likely N-dealkylation sites (tertiary alicyclic amines) is 1. The van der Waals surface area contributed by atoms with E-state index in [0.29, 0.717) is 32.0 Å². The van der Waals surface area contributed by atoms with Gasteiger partial charge in [-0.1, -0.05) is 0 Å². The van der Waals surface area contributed by atoms with Gasteiger partial charge in [-0.3, -0.25) is 4.90 Å². The maximum Gasteiger partial charge on any atom is 0.391 e. The van der Waals surface area contributed by atoms with Crippen molar-refractivity contribution in [3.05, 3.63) is 29.3 Å². The maximum atomic E-state index is 12.6. The third-order valence-electron chi connectivity index (χ3n) is 4.14. The van der Waals surface area contributed by atoms with E-state index in [1.54, 1.807) is 13.0 Å². The molecule has 1 aliphatic heterocycles. The fourth-order valence-corrected chi connectivity index (χ4v) is 2.71. The molecule has 1 N–H and O–H groups in total. The molecule has 1 fully saturated rings. The van der Waals surface area contributed by atoms with Crippen molar-refractivity contribution in [3.63, 3.8) is 0 Å². The summed E-state index contributed by atoms with van der Waals surface area (Å²) in [4.78, 5) is 12.8. The van der Waals surface area contributed by atoms with Crippen LogP contribution in [-0.2, 0) is 0 Å². The fraction of sp³-hybridized carbons (Fsp3) is 0.562. The van der Waals surface area contributed by atoms with E-state index in [9.17, 15) is 18.0 Å². The molecule has 0 saturated carbocycles. The predicted octanol–water partition coefficient (Wildman–Crippen LogP) is 3.35. The van der Waals surface area contributed by atoms with Crippen LogP contribution in [0.3, 0.4) is 0 Å². The number of hydrogen-bond acceptors (Lipinski definition) is 3. The van der Waals surface area contributed by atoms with E-state index in [-0.39, 0.29) is 18.4 Å². The molecule has 2 rings (SSSR count). The first-order valence-corrected chi connectivity index (χ1v) is 7.53. The van der Waals surface area contributed by atoms with Gasteiger partial charge in [0.1, 0.15) is 12.4 Å². The number of hydrogen-bond donors (Lipinski definition) is 1. The molecule has 1 aromatic rings. The lowest BCUT2D eigenvalue weighted by molar-refractivity contribution is -0.185. The van der Waals surface area contributed by atoms with Gasteiger partial charge in [0.15, 0.2) is 0 Å². The van der Waals surface area contributed by atoms with Crippen LogP contribution in [0.15, 0.2) is 18.2 Å². The van der Waals surface area contributed by atoms with Crippen LogP contribution in [0, 0.1) is 12.8 Å². The van der Waals surface area contributed by atoms with Gasteiger partial charge in [0.25, 0.3) is 0 Å². The number of benzene rings is 1. The summed E-state index contributed by atoms with van der Waals surface area (Å²) in [6, 6.07) is 4.61. The van der Waals surface area contributed by atoms with Crippen LogP contribution in [0.4, 0.5) is 13.2 Å². The van der Waals surface area contributed by atoms with Gasteiger partial charge < -0.3 is 9.84 Å². The highest BCUT2D eigenvalue weighted by Gasteiger charge is 2.40. The van der Waals surface area contributed by atoms with Gasteiger partial charge >= 0.3 is 12.1 Å². The van der Waals surface area contributed by atoms with Crippen molar-refractivity contribution in [1.82, 2.24) is 4.90 Å². The Kier molecular flexibility index (Phi) is 5.51. The van der Waals surface area contributed by atoms with Gasteiger partial charge in [0, 0.05) is 6.54 Å². The molecule has 0 amide bonds. The Hall–Kier alpha value is -1.76. The second-order valence-electron chi connectivity index (χ2n) is 5.79. The van der Waals surface area contributed by atoms with Crippen LogP contribution in [0.5, 0.6) is 5.75 Å². The Morgan fingerprint density at radius 3 is 2.52 bits per heavy atom. The van der Waals surface area contributed by atoms with E-state index in [2.05, 4.69) is 0 Å². The quantitative estimate of drug-likeness (QED) is 0.899. The average molecular weight is 331 g/mol. The molecule has 0 unspecified atom stereocenters. The third kappa shape index (κ3) is 4.86. The number of carbonyl (C=O) groups is 1. The Bertz CT molecular complexity index is 552. The molecule has 0 atom stereocenters. The van der Waals surface area contributed by atoms with E-state index in [1.165, 1.54) is 12.1 Å². The van der Waals surface area contributed by atoms with Crippen molar-refractivity contribution in [2.24, 2.45) is 5.92 Å². The number of alkyl halides is 3. The lowest BCUT2D eigenvalue weighted by Gasteiger charge is -2.32. The van der Waals surface area contributed by atoms with Crippen LogP contribution >= 0.6 is 0 Å². The first kappa shape index (κ1) is 17.6. The number of nitrogens with zero attached hydrogens (tertiary/aromatic N) is 1. The second-order valence-corrected chi connectivity index (χ2v) is 5.79. The van der Waals surface area contributed by atoms with Crippen molar-refractivity contribution in [1.29, 1.82) is 0 Å². The highest BCUT2D eigenvalue weighted by Crippen LogP contribution is 2.33. The number of aryl methyl sites for hydroxylation is 1. The minimum absolute atomic E-state index is 0.135. The lowest BCUT2D eigenvalue weighted by Crippen LogP contribution is -2.40. The third-order valence-corrected chi connectivity index (χ3v) is 4.14. The topological polar surface area (TPSA) is 49.8 Å². The van der Waals surface area contributed by atoms with Crippen molar-refractivity contribution >= 4 is 5.97 Å². The number of carboxylic acid groups (broad SMARTS) is 1. The molecule has 1 heterocycles. The smallest absolute Gasteiger partial charge is 0.391 e. The predicted molar refractivity (Wildman–Crippen MR) is 78.9 cm³/mol. The van der Waals surface area contributed by atoms with Gasteiger partial charge in [-0.05, 0) is 56.6 Å². The number of piperidine rings is 1. The largest absolute Gasteiger partial charge is 0.492 e. The van der Waals surface area contributed by atoms with E-state index in [1.807, 2.05) is 4.90 Å². The molecule has 0 bridgehead atoms. The Labute approximate surface area is 132 Å². The molecule has 0 aliphatic carbocycles. The number of aromatic carboxylic acids is 1. The Morgan fingerprint density at radius 1 is 1.35 bits per heavy atom. The van der Waals surface area contributed by atoms with Gasteiger partial charge in [0.05, 0.1) is 11.5 Å². The van der Waals surface area contributed by atoms with E-state index < -0.39 is 18.1 Å². The van der Waals surface area contributed by atoms with Gasteiger partial charge in [-0.2, -0.15) is 13.2 Å². The molecule has 128 valence electrons. The highest BCUT2D eigenvalue weighted by molar-refractivity contribution is 5.88. The average Bonchev–Trinajstić information content (AvgIpc) is 2.48. The second kappa shape index (κ2) is 7.21. The molecule has 0 aromatic heterocycles. The van der Waals surface area contributed by atoms with E-state index >= 15 is 0 Å². The first-order valence-electron chi connectivity index (χ1n) is 7.53. The molecule has 1 aromatic carbocycles. The summed E-state index contributed by atoms with van der Waals surface area (Å²) in [5.41, 5.74) is 0.921. The number of halogens is 3. The Morgan fingerprint density at radius 2 is 2.00 bits per heavy atom. The summed E-state index contributed by atoms with van der Waals surface area (Å²) in [5, 5.41) is 8.90. The van der Waals surface area contributed by atoms with Gasteiger partial charge in [0.2, 0.25) is 0 Å². The Balaban J connectivity index is 1.77. The standard InChI is InChI=1S/C16H20F3NO3/c1-11-10-12(15(21)22)2-3-14(11)23-9-8-20-6-4-13(5-7-20)16(17,18)19/h2-3,10,13H,4-9H2,1H3,(H,21,22). The van der Waals surface area contributed by atoms with E-state index in [0.717, 1.165) is 5.56 Å². The number of rotatable bonds is 5. The van der Waals surface area contributed by atoms with Crippen LogP contribution in [0.25, 0.3) is 0 Å². The summed E-state index contributed by atoms with van der Waals surface area (Å²) in [6.45, 7) is 3.53. The van der Waals surface area contributed by atoms with Crippen molar-refractivity contribution in [2.45, 2.75) is 25.9 Å². The minimum Gasteiger partial charge on any atom is -0.492 e. The lowest BCUT2D eigenvalue weighted by atomic mass is 9.96. The molecule has 23 heavy (non-hydrogen) atoms. The van der Waals surface area contributed by atoms with E-state index in [4.69, 9.17) is 9.84 Å². The van der Waals surface area contributed by atoms with Gasteiger partial charge in [-0.15, -0.1) is 0 Å². The normalized spacial score (nSPS) is 17.2.